The van der Waals surface area contributed by atoms with E-state index in [0.717, 1.165) is 9.80 Å². The summed E-state index contributed by atoms with van der Waals surface area (Å²) in [5.74, 6) is -8.20. The van der Waals surface area contributed by atoms with Gasteiger partial charge in [0.25, 0.3) is 0 Å². The summed E-state index contributed by atoms with van der Waals surface area (Å²) in [4.78, 5) is 80.1. The number of carbonyl (C=O) groups excluding carboxylic acids is 1. The van der Waals surface area contributed by atoms with Gasteiger partial charge in [-0.25, -0.2) is 4.79 Å². The van der Waals surface area contributed by atoms with Gasteiger partial charge < -0.3 is 41.3 Å². The quantitative estimate of drug-likeness (QED) is 0.0710. The summed E-state index contributed by atoms with van der Waals surface area (Å²) >= 11 is 0. The molecular weight excluding hydrogens is 516 g/mol. The predicted molar refractivity (Wildman–Crippen MR) is 126 cm³/mol. The van der Waals surface area contributed by atoms with Crippen molar-refractivity contribution in [1.82, 2.24) is 20.4 Å². The van der Waals surface area contributed by atoms with Crippen molar-refractivity contribution in [2.24, 2.45) is 0 Å². The van der Waals surface area contributed by atoms with Gasteiger partial charge in [-0.3, -0.25) is 38.6 Å². The molecule has 0 aromatic rings. The smallest absolute Gasteiger partial charge is 0.320 e. The summed E-state index contributed by atoms with van der Waals surface area (Å²) in [5.41, 5.74) is 0. The molecule has 0 saturated carbocycles. The number of nitrogens with one attached hydrogen (secondary N) is 2. The molecule has 0 aliphatic heterocycles. The van der Waals surface area contributed by atoms with Crippen LogP contribution in [0.3, 0.4) is 0 Å². The number of amides is 2. The van der Waals surface area contributed by atoms with E-state index in [-0.39, 0.29) is 38.8 Å². The number of rotatable bonds is 22. The third-order valence-electron chi connectivity index (χ3n) is 5.18. The molecule has 0 radical (unpaired) electrons. The topological polar surface area (TPSA) is 271 Å². The van der Waals surface area contributed by atoms with Gasteiger partial charge in [-0.1, -0.05) is 0 Å². The number of aliphatic carboxylic acids is 6. The molecule has 17 heteroatoms. The van der Waals surface area contributed by atoms with E-state index in [9.17, 15) is 43.8 Å². The Balaban J connectivity index is 4.41. The highest BCUT2D eigenvalue weighted by Gasteiger charge is 2.29. The molecule has 216 valence electrons. The van der Waals surface area contributed by atoms with E-state index >= 15 is 0 Å². The lowest BCUT2D eigenvalue weighted by atomic mass is 10.1. The minimum atomic E-state index is -1.37. The average Bonchev–Trinajstić information content (AvgIpc) is 2.75. The van der Waals surface area contributed by atoms with Crippen molar-refractivity contribution in [2.45, 2.75) is 50.6 Å². The first kappa shape index (κ1) is 34.0. The largest absolute Gasteiger partial charge is 0.480 e. The maximum absolute atomic E-state index is 11.9. The van der Waals surface area contributed by atoms with Crippen LogP contribution in [0.5, 0.6) is 0 Å². The van der Waals surface area contributed by atoms with Crippen LogP contribution >= 0.6 is 0 Å². The van der Waals surface area contributed by atoms with E-state index in [0.29, 0.717) is 12.8 Å². The zero-order valence-electron chi connectivity index (χ0n) is 20.6. The molecule has 2 amide bonds. The Kier molecular flexibility index (Phi) is 16.4. The molecule has 0 aliphatic rings. The molecule has 0 rings (SSSR count). The Bertz CT molecular complexity index is 753. The van der Waals surface area contributed by atoms with Gasteiger partial charge in [0, 0.05) is 13.1 Å². The fourth-order valence-electron chi connectivity index (χ4n) is 3.56. The number of carbonyl (C=O) groups is 7. The Morgan fingerprint density at radius 3 is 1.03 bits per heavy atom. The molecule has 0 spiro atoms. The van der Waals surface area contributed by atoms with Crippen molar-refractivity contribution < 1.29 is 64.2 Å². The van der Waals surface area contributed by atoms with Gasteiger partial charge in [-0.05, 0) is 38.5 Å². The second-order valence-electron chi connectivity index (χ2n) is 8.27. The van der Waals surface area contributed by atoms with Crippen LogP contribution in [0.2, 0.25) is 0 Å². The van der Waals surface area contributed by atoms with Gasteiger partial charge >= 0.3 is 41.8 Å². The van der Waals surface area contributed by atoms with E-state index in [1.165, 1.54) is 0 Å². The summed E-state index contributed by atoms with van der Waals surface area (Å²) in [6.07, 6.45) is 1.10. The number of unbranched alkanes of at least 4 members (excludes halogenated alkanes) is 2. The van der Waals surface area contributed by atoms with Gasteiger partial charge in [0.2, 0.25) is 0 Å². The van der Waals surface area contributed by atoms with E-state index in [1.807, 2.05) is 0 Å². The lowest BCUT2D eigenvalue weighted by Crippen LogP contribution is -2.46. The number of hydrogen-bond acceptors (Lipinski definition) is 9. The van der Waals surface area contributed by atoms with Crippen molar-refractivity contribution in [3.63, 3.8) is 0 Å². The molecule has 0 bridgehead atoms. The number of urea groups is 1. The maximum Gasteiger partial charge on any atom is 0.320 e. The third-order valence-corrected chi connectivity index (χ3v) is 5.18. The first-order valence-electron chi connectivity index (χ1n) is 11.6. The fraction of sp³-hybridized carbons (Fsp3) is 0.667. The Morgan fingerprint density at radius 2 is 0.789 bits per heavy atom. The van der Waals surface area contributed by atoms with Gasteiger partial charge in [-0.2, -0.15) is 0 Å². The third kappa shape index (κ3) is 15.9. The number of carboxylic acid groups (broad SMARTS) is 6. The molecule has 0 aliphatic carbocycles. The molecule has 0 heterocycles. The van der Waals surface area contributed by atoms with E-state index in [4.69, 9.17) is 20.4 Å². The van der Waals surface area contributed by atoms with Crippen LogP contribution < -0.4 is 10.6 Å². The van der Waals surface area contributed by atoms with Crippen LogP contribution in [-0.2, 0) is 28.8 Å². The predicted octanol–water partition coefficient (Wildman–Crippen LogP) is -1.52. The van der Waals surface area contributed by atoms with Crippen LogP contribution in [0.1, 0.15) is 38.5 Å². The highest BCUT2D eigenvalue weighted by molar-refractivity contribution is 5.79. The molecule has 0 fully saturated rings. The normalized spacial score (nSPS) is 12.5. The SMILES string of the molecule is O=C(O)CN(CC(=O)O)C(CCCCNC(=O)NCCCCC(C(=O)O)N(CC(=O)O)CC(=O)O)C(=O)O. The molecule has 2 atom stereocenters. The summed E-state index contributed by atoms with van der Waals surface area (Å²) in [5, 5.41) is 59.3. The molecular formula is C21H34N4O13. The Morgan fingerprint density at radius 1 is 0.500 bits per heavy atom. The second kappa shape index (κ2) is 18.3. The highest BCUT2D eigenvalue weighted by atomic mass is 16.4. The number of carboxylic acids is 6. The molecule has 0 aromatic heterocycles. The van der Waals surface area contributed by atoms with Crippen LogP contribution in [0.4, 0.5) is 4.79 Å². The van der Waals surface area contributed by atoms with Crippen molar-refractivity contribution >= 4 is 41.8 Å². The lowest BCUT2D eigenvalue weighted by molar-refractivity contribution is -0.152. The minimum absolute atomic E-state index is 0.0370. The van der Waals surface area contributed by atoms with E-state index in [1.54, 1.807) is 0 Å². The van der Waals surface area contributed by atoms with Crippen LogP contribution in [0, 0.1) is 0 Å². The Labute approximate surface area is 217 Å². The molecule has 0 saturated heterocycles. The number of hydrogen-bond donors (Lipinski definition) is 8. The van der Waals surface area contributed by atoms with Crippen molar-refractivity contribution in [3.05, 3.63) is 0 Å². The Hall–Kier alpha value is -3.99. The van der Waals surface area contributed by atoms with E-state index < -0.39 is 80.1 Å². The highest BCUT2D eigenvalue weighted by Crippen LogP contribution is 2.11. The summed E-state index contributed by atoms with van der Waals surface area (Å²) < 4.78 is 0. The maximum atomic E-state index is 11.9. The molecule has 17 nitrogen and oxygen atoms in total. The standard InChI is InChI=1S/C21H34N4O13/c26-15(27)9-24(10-16(28)29)13(19(34)35)5-1-3-7-22-21(38)23-8-4-2-6-14(20(36)37)25(11-17(30)31)12-18(32)33/h13-14H,1-12H2,(H,26,27)(H,28,29)(H,30,31)(H,32,33)(H,34,35)(H,36,37)(H2,22,23,38). The first-order valence-corrected chi connectivity index (χ1v) is 11.6. The van der Waals surface area contributed by atoms with Crippen LogP contribution in [0.25, 0.3) is 0 Å². The second-order valence-corrected chi connectivity index (χ2v) is 8.27. The van der Waals surface area contributed by atoms with Crippen molar-refractivity contribution in [2.75, 3.05) is 39.3 Å². The monoisotopic (exact) mass is 550 g/mol. The minimum Gasteiger partial charge on any atom is -0.480 e. The van der Waals surface area contributed by atoms with E-state index in [2.05, 4.69) is 10.6 Å². The van der Waals surface area contributed by atoms with Crippen molar-refractivity contribution in [3.8, 4) is 0 Å². The van der Waals surface area contributed by atoms with Gasteiger partial charge in [0.1, 0.15) is 12.1 Å². The zero-order chi connectivity index (χ0) is 29.3. The molecule has 8 N–H and O–H groups in total. The van der Waals surface area contributed by atoms with Gasteiger partial charge in [0.15, 0.2) is 0 Å². The molecule has 0 aromatic carbocycles. The van der Waals surface area contributed by atoms with Crippen LogP contribution in [-0.4, -0.2) is 134 Å². The number of nitrogens with zero attached hydrogens (tertiary/aromatic N) is 2. The molecule has 2 unspecified atom stereocenters. The molecule has 38 heavy (non-hydrogen) atoms. The lowest BCUT2D eigenvalue weighted by Gasteiger charge is -2.25. The summed E-state index contributed by atoms with van der Waals surface area (Å²) in [6, 6.07) is -3.20. The van der Waals surface area contributed by atoms with Gasteiger partial charge in [0.05, 0.1) is 26.2 Å². The zero-order valence-corrected chi connectivity index (χ0v) is 20.6. The summed E-state index contributed by atoms with van der Waals surface area (Å²) in [6.45, 7) is -2.72. The van der Waals surface area contributed by atoms with Crippen molar-refractivity contribution in [1.29, 1.82) is 0 Å². The fourth-order valence-corrected chi connectivity index (χ4v) is 3.56. The average molecular weight is 551 g/mol. The van der Waals surface area contributed by atoms with Gasteiger partial charge in [-0.15, -0.1) is 0 Å². The summed E-state index contributed by atoms with van der Waals surface area (Å²) in [7, 11) is 0. The van der Waals surface area contributed by atoms with Crippen LogP contribution in [0.15, 0.2) is 0 Å². The first-order chi connectivity index (χ1) is 17.7.